The van der Waals surface area contributed by atoms with Gasteiger partial charge in [0.1, 0.15) is 16.2 Å². The van der Waals surface area contributed by atoms with E-state index in [0.717, 1.165) is 29.2 Å². The zero-order valence-electron chi connectivity index (χ0n) is 8.88. The quantitative estimate of drug-likeness (QED) is 0.939. The van der Waals surface area contributed by atoms with E-state index in [0.29, 0.717) is 10.4 Å². The van der Waals surface area contributed by atoms with Gasteiger partial charge in [-0.05, 0) is 23.9 Å². The van der Waals surface area contributed by atoms with Crippen molar-refractivity contribution in [1.82, 2.24) is 15.2 Å². The van der Waals surface area contributed by atoms with Crippen LogP contribution in [0.4, 0.5) is 13.2 Å². The summed E-state index contributed by atoms with van der Waals surface area (Å²) < 4.78 is 37.9. The Balaban J connectivity index is 2.45. The summed E-state index contributed by atoms with van der Waals surface area (Å²) in [4.78, 5) is 14.3. The predicted octanol–water partition coefficient (Wildman–Crippen LogP) is 2.80. The van der Waals surface area contributed by atoms with Crippen LogP contribution in [0.15, 0.2) is 27.0 Å². The highest BCUT2D eigenvalue weighted by Gasteiger charge is 2.33. The predicted molar refractivity (Wildman–Crippen MR) is 60.2 cm³/mol. The summed E-state index contributed by atoms with van der Waals surface area (Å²) in [6.45, 7) is 0. The van der Waals surface area contributed by atoms with Gasteiger partial charge in [0.05, 0.1) is 5.56 Å². The van der Waals surface area contributed by atoms with E-state index >= 15 is 0 Å². The summed E-state index contributed by atoms with van der Waals surface area (Å²) in [5, 5.41) is 15.8. The monoisotopic (exact) mass is 307 g/mol. The van der Waals surface area contributed by atoms with Crippen molar-refractivity contribution < 1.29 is 23.1 Å². The molecule has 0 saturated heterocycles. The standard InChI is InChI=1S/C9H4F3N3O2S2/c10-9(11,12)5-2-1-4(7(16)17)6(14-5)19-8-15-13-3-18-8/h1-3H,(H,16,17). The fourth-order valence-corrected chi connectivity index (χ4v) is 2.63. The van der Waals surface area contributed by atoms with Gasteiger partial charge in [-0.15, -0.1) is 10.2 Å². The van der Waals surface area contributed by atoms with E-state index in [4.69, 9.17) is 5.11 Å². The van der Waals surface area contributed by atoms with Gasteiger partial charge in [0.2, 0.25) is 0 Å². The number of pyridine rings is 1. The summed E-state index contributed by atoms with van der Waals surface area (Å²) in [6.07, 6.45) is -4.63. The van der Waals surface area contributed by atoms with Crippen LogP contribution in [0.5, 0.6) is 0 Å². The molecule has 0 bridgehead atoms. The molecule has 0 atom stereocenters. The van der Waals surface area contributed by atoms with Gasteiger partial charge in [0.25, 0.3) is 0 Å². The molecule has 100 valence electrons. The van der Waals surface area contributed by atoms with E-state index in [-0.39, 0.29) is 10.6 Å². The number of carboxylic acids is 1. The minimum absolute atomic E-state index is 0.265. The van der Waals surface area contributed by atoms with E-state index in [1.165, 1.54) is 5.51 Å². The Morgan fingerprint density at radius 2 is 2.11 bits per heavy atom. The largest absolute Gasteiger partial charge is 0.478 e. The first kappa shape index (κ1) is 13.7. The van der Waals surface area contributed by atoms with Gasteiger partial charge in [0.15, 0.2) is 4.34 Å². The maximum absolute atomic E-state index is 12.5. The Hall–Kier alpha value is -1.68. The van der Waals surface area contributed by atoms with Crippen LogP contribution < -0.4 is 0 Å². The number of nitrogens with zero attached hydrogens (tertiary/aromatic N) is 3. The van der Waals surface area contributed by atoms with Crippen molar-refractivity contribution in [3.8, 4) is 0 Å². The van der Waals surface area contributed by atoms with E-state index in [9.17, 15) is 18.0 Å². The molecule has 0 amide bonds. The average molecular weight is 307 g/mol. The molecule has 0 spiro atoms. The van der Waals surface area contributed by atoms with Crippen molar-refractivity contribution in [2.45, 2.75) is 15.5 Å². The van der Waals surface area contributed by atoms with E-state index in [1.54, 1.807) is 0 Å². The molecule has 0 aliphatic rings. The normalized spacial score (nSPS) is 11.5. The third-order valence-corrected chi connectivity index (χ3v) is 3.69. The van der Waals surface area contributed by atoms with Crippen molar-refractivity contribution in [3.05, 3.63) is 28.9 Å². The average Bonchev–Trinajstić information content (AvgIpc) is 2.80. The van der Waals surface area contributed by atoms with E-state index in [2.05, 4.69) is 15.2 Å². The lowest BCUT2D eigenvalue weighted by atomic mass is 10.2. The van der Waals surface area contributed by atoms with Gasteiger partial charge in [-0.3, -0.25) is 0 Å². The molecule has 2 aromatic rings. The third kappa shape index (κ3) is 3.20. The molecule has 0 radical (unpaired) electrons. The smallest absolute Gasteiger partial charge is 0.433 e. The molecular weight excluding hydrogens is 303 g/mol. The van der Waals surface area contributed by atoms with Crippen LogP contribution in [0.2, 0.25) is 0 Å². The van der Waals surface area contributed by atoms with E-state index in [1.807, 2.05) is 0 Å². The molecule has 2 rings (SSSR count). The number of hydrogen-bond acceptors (Lipinski definition) is 6. The topological polar surface area (TPSA) is 76.0 Å². The first-order valence-electron chi connectivity index (χ1n) is 4.63. The van der Waals surface area contributed by atoms with Crippen LogP contribution in [-0.4, -0.2) is 26.3 Å². The SMILES string of the molecule is O=C(O)c1ccc(C(F)(F)F)nc1Sc1nncs1. The zero-order chi connectivity index (χ0) is 14.0. The second-order valence-corrected chi connectivity index (χ2v) is 5.23. The lowest BCUT2D eigenvalue weighted by molar-refractivity contribution is -0.141. The molecule has 1 N–H and O–H groups in total. The number of carbonyl (C=O) groups is 1. The first-order chi connectivity index (χ1) is 8.88. The van der Waals surface area contributed by atoms with Crippen molar-refractivity contribution in [2.24, 2.45) is 0 Å². The molecule has 0 aliphatic carbocycles. The molecule has 5 nitrogen and oxygen atoms in total. The number of aromatic carboxylic acids is 1. The summed E-state index contributed by atoms with van der Waals surface area (Å²) in [6, 6.07) is 1.51. The van der Waals surface area contributed by atoms with Crippen LogP contribution in [0.25, 0.3) is 0 Å². The number of aromatic nitrogens is 3. The van der Waals surface area contributed by atoms with Crippen molar-refractivity contribution in [3.63, 3.8) is 0 Å². The Labute approximate surface area is 112 Å². The van der Waals surface area contributed by atoms with Crippen molar-refractivity contribution >= 4 is 29.1 Å². The Morgan fingerprint density at radius 1 is 1.37 bits per heavy atom. The Kier molecular flexibility index (Phi) is 3.71. The summed E-state index contributed by atoms with van der Waals surface area (Å²) in [5.74, 6) is -1.35. The molecule has 0 unspecified atom stereocenters. The van der Waals surface area contributed by atoms with Crippen LogP contribution in [0.1, 0.15) is 16.1 Å². The molecule has 19 heavy (non-hydrogen) atoms. The van der Waals surface area contributed by atoms with Gasteiger partial charge in [-0.25, -0.2) is 9.78 Å². The molecule has 10 heteroatoms. The number of carboxylic acid groups (broad SMARTS) is 1. The van der Waals surface area contributed by atoms with Crippen molar-refractivity contribution in [2.75, 3.05) is 0 Å². The highest BCUT2D eigenvalue weighted by molar-refractivity contribution is 8.01. The van der Waals surface area contributed by atoms with Gasteiger partial charge in [0, 0.05) is 0 Å². The van der Waals surface area contributed by atoms with Crippen LogP contribution >= 0.6 is 23.1 Å². The lowest BCUT2D eigenvalue weighted by Crippen LogP contribution is -2.11. The van der Waals surface area contributed by atoms with Gasteiger partial charge < -0.3 is 5.11 Å². The minimum Gasteiger partial charge on any atom is -0.478 e. The Morgan fingerprint density at radius 3 is 2.63 bits per heavy atom. The first-order valence-corrected chi connectivity index (χ1v) is 6.33. The number of hydrogen-bond donors (Lipinski definition) is 1. The van der Waals surface area contributed by atoms with Crippen LogP contribution in [0.3, 0.4) is 0 Å². The lowest BCUT2D eigenvalue weighted by Gasteiger charge is -2.08. The molecular formula is C9H4F3N3O2S2. The van der Waals surface area contributed by atoms with E-state index < -0.39 is 17.8 Å². The number of halogens is 3. The summed E-state index contributed by atoms with van der Waals surface area (Å²) in [7, 11) is 0. The Bertz CT molecular complexity index is 601. The summed E-state index contributed by atoms with van der Waals surface area (Å²) >= 11 is 1.81. The second-order valence-electron chi connectivity index (χ2n) is 3.16. The van der Waals surface area contributed by atoms with Crippen molar-refractivity contribution in [1.29, 1.82) is 0 Å². The maximum Gasteiger partial charge on any atom is 0.433 e. The number of rotatable bonds is 3. The number of alkyl halides is 3. The minimum atomic E-state index is -4.63. The molecule has 0 aliphatic heterocycles. The van der Waals surface area contributed by atoms with Gasteiger partial charge in [-0.1, -0.05) is 11.3 Å². The highest BCUT2D eigenvalue weighted by atomic mass is 32.2. The third-order valence-electron chi connectivity index (χ3n) is 1.91. The molecule has 0 aromatic carbocycles. The molecule has 0 saturated carbocycles. The zero-order valence-corrected chi connectivity index (χ0v) is 10.5. The van der Waals surface area contributed by atoms with Crippen LogP contribution in [-0.2, 0) is 6.18 Å². The summed E-state index contributed by atoms with van der Waals surface area (Å²) in [5.41, 5.74) is -0.0751. The highest BCUT2D eigenvalue weighted by Crippen LogP contribution is 2.34. The molecule has 2 heterocycles. The van der Waals surface area contributed by atoms with Gasteiger partial charge >= 0.3 is 12.1 Å². The fourth-order valence-electron chi connectivity index (χ4n) is 1.13. The maximum atomic E-state index is 12.5. The molecule has 0 fully saturated rings. The van der Waals surface area contributed by atoms with Gasteiger partial charge in [-0.2, -0.15) is 13.2 Å². The fraction of sp³-hybridized carbons (Fsp3) is 0.111. The molecule has 2 aromatic heterocycles. The second kappa shape index (κ2) is 5.13. The van der Waals surface area contributed by atoms with Crippen LogP contribution in [0, 0.1) is 0 Å².